The van der Waals surface area contributed by atoms with Crippen LogP contribution in [-0.4, -0.2) is 0 Å². The van der Waals surface area contributed by atoms with Gasteiger partial charge in [0, 0.05) is 0 Å². The number of hydrogen-bond donors (Lipinski definition) is 0. The molecule has 0 aromatic carbocycles. The van der Waals surface area contributed by atoms with Crippen molar-refractivity contribution in [3.63, 3.8) is 0 Å². The van der Waals surface area contributed by atoms with Crippen molar-refractivity contribution in [2.45, 2.75) is 34.1 Å². The van der Waals surface area contributed by atoms with Gasteiger partial charge >= 0.3 is 0 Å². The Hall–Kier alpha value is -1.04. The zero-order valence-electron chi connectivity index (χ0n) is 10.4. The fourth-order valence-electron chi connectivity index (χ4n) is 2.23. The molecule has 0 bridgehead atoms. The van der Waals surface area contributed by atoms with Crippen LogP contribution < -0.4 is 0 Å². The van der Waals surface area contributed by atoms with Gasteiger partial charge in [0.05, 0.1) is 0 Å². The van der Waals surface area contributed by atoms with Crippen LogP contribution in [0, 0.1) is 11.3 Å². The minimum atomic E-state index is 0.329. The summed E-state index contributed by atoms with van der Waals surface area (Å²) in [7, 11) is 0. The fourth-order valence-corrected chi connectivity index (χ4v) is 2.23. The molecule has 0 nitrogen and oxygen atoms in total. The molecular formula is C15H22. The molecule has 82 valence electrons. The first kappa shape index (κ1) is 12.0. The Balaban J connectivity index is 3.21. The zero-order valence-corrected chi connectivity index (χ0v) is 10.4. The van der Waals surface area contributed by atoms with Gasteiger partial charge in [-0.25, -0.2) is 0 Å². The Morgan fingerprint density at radius 3 is 2.27 bits per heavy atom. The molecule has 0 heterocycles. The number of allylic oxidation sites excluding steroid dienone is 6. The van der Waals surface area contributed by atoms with Gasteiger partial charge in [-0.2, -0.15) is 0 Å². The Morgan fingerprint density at radius 1 is 1.47 bits per heavy atom. The summed E-state index contributed by atoms with van der Waals surface area (Å²) in [5.41, 5.74) is 4.08. The Morgan fingerprint density at radius 2 is 2.00 bits per heavy atom. The molecular weight excluding hydrogens is 180 g/mol. The summed E-state index contributed by atoms with van der Waals surface area (Å²) in [4.78, 5) is 0. The van der Waals surface area contributed by atoms with Crippen LogP contribution in [0.1, 0.15) is 34.1 Å². The summed E-state index contributed by atoms with van der Waals surface area (Å²) in [5, 5.41) is 0. The van der Waals surface area contributed by atoms with Gasteiger partial charge < -0.3 is 0 Å². The molecule has 2 atom stereocenters. The van der Waals surface area contributed by atoms with Gasteiger partial charge in [-0.3, -0.25) is 0 Å². The molecule has 2 unspecified atom stereocenters. The highest BCUT2D eigenvalue weighted by Crippen LogP contribution is 2.58. The van der Waals surface area contributed by atoms with E-state index in [0.717, 1.165) is 11.5 Å². The molecule has 0 N–H and O–H groups in total. The maximum Gasteiger partial charge on any atom is -0.00407 e. The monoisotopic (exact) mass is 202 g/mol. The van der Waals surface area contributed by atoms with Crippen LogP contribution in [0.15, 0.2) is 48.1 Å². The van der Waals surface area contributed by atoms with Crippen molar-refractivity contribution in [1.29, 1.82) is 0 Å². The second-order valence-electron chi connectivity index (χ2n) is 4.83. The van der Waals surface area contributed by atoms with E-state index in [2.05, 4.69) is 46.1 Å². The molecule has 1 aliphatic carbocycles. The molecule has 0 saturated heterocycles. The van der Waals surface area contributed by atoms with Crippen LogP contribution >= 0.6 is 0 Å². The predicted molar refractivity (Wildman–Crippen MR) is 68.7 cm³/mol. The Kier molecular flexibility index (Phi) is 3.38. The highest BCUT2D eigenvalue weighted by atomic mass is 14.5. The van der Waals surface area contributed by atoms with Crippen LogP contribution in [-0.2, 0) is 0 Å². The normalized spacial score (nSPS) is 31.3. The average Bonchev–Trinajstić information content (AvgIpc) is 2.75. The van der Waals surface area contributed by atoms with E-state index < -0.39 is 0 Å². The first-order valence-electron chi connectivity index (χ1n) is 5.63. The SMILES string of the molecule is C=C/C(=C(\C=C/C)C(=C)C)C1(C)CC1C. The first-order chi connectivity index (χ1) is 6.97. The second-order valence-corrected chi connectivity index (χ2v) is 4.83. The number of rotatable bonds is 4. The third kappa shape index (κ3) is 2.14. The second kappa shape index (κ2) is 4.22. The minimum absolute atomic E-state index is 0.329. The van der Waals surface area contributed by atoms with Crippen molar-refractivity contribution in [3.05, 3.63) is 48.1 Å². The lowest BCUT2D eigenvalue weighted by Gasteiger charge is -2.16. The van der Waals surface area contributed by atoms with Crippen LogP contribution in [0.2, 0.25) is 0 Å². The van der Waals surface area contributed by atoms with E-state index in [-0.39, 0.29) is 0 Å². The van der Waals surface area contributed by atoms with Crippen molar-refractivity contribution in [3.8, 4) is 0 Å². The maximum absolute atomic E-state index is 4.05. The maximum atomic E-state index is 4.05. The van der Waals surface area contributed by atoms with E-state index >= 15 is 0 Å². The molecule has 0 amide bonds. The lowest BCUT2D eigenvalue weighted by molar-refractivity contribution is 0.631. The van der Waals surface area contributed by atoms with Crippen molar-refractivity contribution in [2.24, 2.45) is 11.3 Å². The van der Waals surface area contributed by atoms with Crippen LogP contribution in [0.5, 0.6) is 0 Å². The van der Waals surface area contributed by atoms with Gasteiger partial charge in [0.2, 0.25) is 0 Å². The topological polar surface area (TPSA) is 0 Å². The van der Waals surface area contributed by atoms with Crippen LogP contribution in [0.3, 0.4) is 0 Å². The first-order valence-corrected chi connectivity index (χ1v) is 5.63. The molecule has 0 heteroatoms. The minimum Gasteiger partial charge on any atom is -0.0987 e. The van der Waals surface area contributed by atoms with Crippen LogP contribution in [0.25, 0.3) is 0 Å². The summed E-state index contributed by atoms with van der Waals surface area (Å²) in [5.74, 6) is 0.769. The third-order valence-electron chi connectivity index (χ3n) is 3.56. The summed E-state index contributed by atoms with van der Waals surface area (Å²) < 4.78 is 0. The zero-order chi connectivity index (χ0) is 11.6. The summed E-state index contributed by atoms with van der Waals surface area (Å²) in [6, 6.07) is 0. The highest BCUT2D eigenvalue weighted by Gasteiger charge is 2.49. The molecule has 1 fully saturated rings. The van der Waals surface area contributed by atoms with E-state index in [0.29, 0.717) is 5.41 Å². The molecule has 0 radical (unpaired) electrons. The summed E-state index contributed by atoms with van der Waals surface area (Å²) >= 11 is 0. The fraction of sp³-hybridized carbons (Fsp3) is 0.467. The lowest BCUT2D eigenvalue weighted by atomic mass is 9.88. The molecule has 0 aromatic heterocycles. The molecule has 1 rings (SSSR count). The van der Waals surface area contributed by atoms with E-state index in [1.54, 1.807) is 0 Å². The summed E-state index contributed by atoms with van der Waals surface area (Å²) in [6.45, 7) is 16.7. The van der Waals surface area contributed by atoms with Crippen LogP contribution in [0.4, 0.5) is 0 Å². The molecule has 0 aromatic rings. The Labute approximate surface area is 94.1 Å². The van der Waals surface area contributed by atoms with E-state index in [9.17, 15) is 0 Å². The number of hydrogen-bond acceptors (Lipinski definition) is 0. The van der Waals surface area contributed by atoms with E-state index in [4.69, 9.17) is 0 Å². The molecule has 0 spiro atoms. The van der Waals surface area contributed by atoms with Gasteiger partial charge in [-0.1, -0.05) is 50.8 Å². The molecule has 1 aliphatic rings. The third-order valence-corrected chi connectivity index (χ3v) is 3.56. The lowest BCUT2D eigenvalue weighted by Crippen LogP contribution is -2.03. The highest BCUT2D eigenvalue weighted by molar-refractivity contribution is 5.49. The van der Waals surface area contributed by atoms with Crippen molar-refractivity contribution < 1.29 is 0 Å². The van der Waals surface area contributed by atoms with Crippen molar-refractivity contribution in [1.82, 2.24) is 0 Å². The van der Waals surface area contributed by atoms with Gasteiger partial charge in [-0.05, 0) is 42.7 Å². The molecule has 1 saturated carbocycles. The quantitative estimate of drug-likeness (QED) is 0.581. The molecule has 0 aliphatic heterocycles. The smallest absolute Gasteiger partial charge is 0.00407 e. The molecule has 15 heavy (non-hydrogen) atoms. The predicted octanol–water partition coefficient (Wildman–Crippen LogP) is 4.67. The van der Waals surface area contributed by atoms with E-state index in [1.807, 2.05) is 13.0 Å². The standard InChI is InChI=1S/C15H22/c1-7-9-13(11(3)4)14(8-2)15(6)10-12(15)5/h7-9,12H,2-3,10H2,1,4-6H3/b9-7-,14-13-. The van der Waals surface area contributed by atoms with Gasteiger partial charge in [0.15, 0.2) is 0 Å². The van der Waals surface area contributed by atoms with Crippen molar-refractivity contribution >= 4 is 0 Å². The Bertz CT molecular complexity index is 341. The average molecular weight is 202 g/mol. The summed E-state index contributed by atoms with van der Waals surface area (Å²) in [6.07, 6.45) is 7.50. The van der Waals surface area contributed by atoms with Gasteiger partial charge in [-0.15, -0.1) is 0 Å². The van der Waals surface area contributed by atoms with Gasteiger partial charge in [0.1, 0.15) is 0 Å². The van der Waals surface area contributed by atoms with E-state index in [1.165, 1.54) is 17.6 Å². The van der Waals surface area contributed by atoms with Crippen molar-refractivity contribution in [2.75, 3.05) is 0 Å². The van der Waals surface area contributed by atoms with Gasteiger partial charge in [0.25, 0.3) is 0 Å². The largest absolute Gasteiger partial charge is 0.0987 e.